The summed E-state index contributed by atoms with van der Waals surface area (Å²) in [5, 5.41) is 2.97. The van der Waals surface area contributed by atoms with Crippen molar-refractivity contribution in [3.63, 3.8) is 0 Å². The molecule has 1 atom stereocenters. The Hall–Kier alpha value is -2.07. The van der Waals surface area contributed by atoms with E-state index in [-0.39, 0.29) is 11.9 Å². The van der Waals surface area contributed by atoms with Crippen LogP contribution in [0.15, 0.2) is 30.3 Å². The zero-order valence-electron chi connectivity index (χ0n) is 13.4. The van der Waals surface area contributed by atoms with Crippen LogP contribution in [0.4, 0.5) is 5.69 Å². The maximum atomic E-state index is 12.5. The average Bonchev–Trinajstić information content (AvgIpc) is 3.28. The van der Waals surface area contributed by atoms with Crippen LogP contribution >= 0.6 is 0 Å². The molecule has 0 bridgehead atoms. The number of nitrogens with two attached hydrogens (primary N) is 1. The summed E-state index contributed by atoms with van der Waals surface area (Å²) in [6, 6.07) is 9.75. The molecule has 4 heteroatoms. The summed E-state index contributed by atoms with van der Waals surface area (Å²) >= 11 is 0. The molecule has 3 rings (SSSR count). The number of carbonyl (C=O) groups excluding carboxylic acids is 1. The summed E-state index contributed by atoms with van der Waals surface area (Å²) in [7, 11) is 2.04. The molecule has 22 heavy (non-hydrogen) atoms. The molecule has 1 fully saturated rings. The van der Waals surface area contributed by atoms with Gasteiger partial charge >= 0.3 is 0 Å². The van der Waals surface area contributed by atoms with Crippen LogP contribution in [0.5, 0.6) is 0 Å². The molecular formula is C18H23N3O. The minimum atomic E-state index is -0.0476. The number of hydrogen-bond acceptors (Lipinski definition) is 2. The third-order valence-electron chi connectivity index (χ3n) is 4.51. The normalized spacial score (nSPS) is 15.6. The predicted molar refractivity (Wildman–Crippen MR) is 89.1 cm³/mol. The van der Waals surface area contributed by atoms with Gasteiger partial charge in [0.25, 0.3) is 5.91 Å². The van der Waals surface area contributed by atoms with Gasteiger partial charge in [0.1, 0.15) is 0 Å². The van der Waals surface area contributed by atoms with Gasteiger partial charge in [-0.3, -0.25) is 4.79 Å². The van der Waals surface area contributed by atoms with Gasteiger partial charge in [0.2, 0.25) is 0 Å². The summed E-state index contributed by atoms with van der Waals surface area (Å²) in [4.78, 5) is 12.5. The number of carbonyl (C=O) groups is 1. The first kappa shape index (κ1) is 14.9. The van der Waals surface area contributed by atoms with E-state index in [0.29, 0.717) is 5.92 Å². The largest absolute Gasteiger partial charge is 0.351 e. The number of nitrogens with zero attached hydrogens (tertiary/aromatic N) is 1. The minimum absolute atomic E-state index is 0.00205. The van der Waals surface area contributed by atoms with E-state index in [4.69, 9.17) is 5.73 Å². The molecule has 1 aliphatic rings. The SMILES string of the molecule is Cc1c(C(=O)Nc2ccc([C@@H](C)N)cc2)cc(C2CC2)n1C. The number of hydrogen-bond donors (Lipinski definition) is 2. The van der Waals surface area contributed by atoms with Crippen molar-refractivity contribution in [3.8, 4) is 0 Å². The van der Waals surface area contributed by atoms with Crippen LogP contribution in [0.3, 0.4) is 0 Å². The van der Waals surface area contributed by atoms with E-state index in [1.165, 1.54) is 18.5 Å². The Balaban J connectivity index is 1.78. The van der Waals surface area contributed by atoms with Gasteiger partial charge in [-0.05, 0) is 56.4 Å². The highest BCUT2D eigenvalue weighted by Crippen LogP contribution is 2.41. The molecule has 0 radical (unpaired) electrons. The number of rotatable bonds is 4. The fourth-order valence-corrected chi connectivity index (χ4v) is 2.79. The fraction of sp³-hybridized carbons (Fsp3) is 0.389. The number of amides is 1. The van der Waals surface area contributed by atoms with E-state index in [2.05, 4.69) is 9.88 Å². The topological polar surface area (TPSA) is 60.1 Å². The van der Waals surface area contributed by atoms with Crippen molar-refractivity contribution < 1.29 is 4.79 Å². The molecule has 0 spiro atoms. The Kier molecular flexibility index (Phi) is 3.79. The summed E-state index contributed by atoms with van der Waals surface area (Å²) in [5.41, 5.74) is 10.8. The van der Waals surface area contributed by atoms with Gasteiger partial charge in [0, 0.05) is 30.2 Å². The van der Waals surface area contributed by atoms with Gasteiger partial charge < -0.3 is 15.6 Å². The van der Waals surface area contributed by atoms with Crippen molar-refractivity contribution in [2.24, 2.45) is 12.8 Å². The van der Waals surface area contributed by atoms with E-state index >= 15 is 0 Å². The third-order valence-corrected chi connectivity index (χ3v) is 4.51. The lowest BCUT2D eigenvalue weighted by Crippen LogP contribution is -2.13. The molecule has 1 amide bonds. The van der Waals surface area contributed by atoms with E-state index in [1.54, 1.807) is 0 Å². The van der Waals surface area contributed by atoms with E-state index in [1.807, 2.05) is 51.2 Å². The molecule has 0 saturated heterocycles. The molecule has 0 aliphatic heterocycles. The van der Waals surface area contributed by atoms with E-state index in [9.17, 15) is 4.79 Å². The summed E-state index contributed by atoms with van der Waals surface area (Å²) in [6.45, 7) is 3.94. The molecule has 1 aromatic carbocycles. The summed E-state index contributed by atoms with van der Waals surface area (Å²) < 4.78 is 2.14. The van der Waals surface area contributed by atoms with Gasteiger partial charge in [0.05, 0.1) is 5.56 Å². The maximum absolute atomic E-state index is 12.5. The molecule has 1 aliphatic carbocycles. The van der Waals surface area contributed by atoms with Crippen molar-refractivity contribution in [3.05, 3.63) is 52.8 Å². The highest BCUT2D eigenvalue weighted by Gasteiger charge is 2.28. The summed E-state index contributed by atoms with van der Waals surface area (Å²) in [5.74, 6) is 0.587. The standard InChI is InChI=1S/C18H23N3O/c1-11(19)13-6-8-15(9-7-13)20-18(22)16-10-17(14-4-5-14)21(3)12(16)2/h6-11,14H,4-5,19H2,1-3H3,(H,20,22)/t11-/m1/s1. The van der Waals surface area contributed by atoms with Gasteiger partial charge in [0.15, 0.2) is 0 Å². The monoisotopic (exact) mass is 297 g/mol. The Morgan fingerprint density at radius 2 is 1.95 bits per heavy atom. The number of aromatic nitrogens is 1. The Labute approximate surface area is 131 Å². The molecule has 0 unspecified atom stereocenters. The second-order valence-corrected chi connectivity index (χ2v) is 6.27. The second kappa shape index (κ2) is 5.61. The zero-order valence-corrected chi connectivity index (χ0v) is 13.4. The van der Waals surface area contributed by atoms with Crippen LogP contribution in [0, 0.1) is 6.92 Å². The molecular weight excluding hydrogens is 274 g/mol. The van der Waals surface area contributed by atoms with Crippen molar-refractivity contribution >= 4 is 11.6 Å². The van der Waals surface area contributed by atoms with Crippen LogP contribution in [-0.2, 0) is 7.05 Å². The lowest BCUT2D eigenvalue weighted by Gasteiger charge is -2.08. The molecule has 116 valence electrons. The van der Waals surface area contributed by atoms with Gasteiger partial charge in [-0.25, -0.2) is 0 Å². The maximum Gasteiger partial charge on any atom is 0.257 e. The lowest BCUT2D eigenvalue weighted by atomic mass is 10.1. The van der Waals surface area contributed by atoms with Crippen molar-refractivity contribution in [2.75, 3.05) is 5.32 Å². The van der Waals surface area contributed by atoms with Crippen molar-refractivity contribution in [1.29, 1.82) is 0 Å². The van der Waals surface area contributed by atoms with E-state index < -0.39 is 0 Å². The smallest absolute Gasteiger partial charge is 0.257 e. The van der Waals surface area contributed by atoms with Crippen LogP contribution < -0.4 is 11.1 Å². The zero-order chi connectivity index (χ0) is 15.9. The first-order chi connectivity index (χ1) is 10.5. The predicted octanol–water partition coefficient (Wildman–Crippen LogP) is 3.48. The van der Waals surface area contributed by atoms with Gasteiger partial charge in [-0.15, -0.1) is 0 Å². The Bertz CT molecular complexity index is 694. The molecule has 1 heterocycles. The highest BCUT2D eigenvalue weighted by atomic mass is 16.1. The Morgan fingerprint density at radius 1 is 1.32 bits per heavy atom. The molecule has 2 aromatic rings. The Morgan fingerprint density at radius 3 is 2.50 bits per heavy atom. The van der Waals surface area contributed by atoms with Gasteiger partial charge in [-0.1, -0.05) is 12.1 Å². The number of nitrogens with one attached hydrogen (secondary N) is 1. The minimum Gasteiger partial charge on any atom is -0.351 e. The lowest BCUT2D eigenvalue weighted by molar-refractivity contribution is 0.102. The second-order valence-electron chi connectivity index (χ2n) is 6.27. The molecule has 1 saturated carbocycles. The van der Waals surface area contributed by atoms with Gasteiger partial charge in [-0.2, -0.15) is 0 Å². The quantitative estimate of drug-likeness (QED) is 0.907. The third kappa shape index (κ3) is 2.79. The van der Waals surface area contributed by atoms with Crippen LogP contribution in [0.1, 0.15) is 59.0 Å². The van der Waals surface area contributed by atoms with E-state index in [0.717, 1.165) is 22.5 Å². The van der Waals surface area contributed by atoms with Crippen LogP contribution in [0.25, 0.3) is 0 Å². The molecule has 3 N–H and O–H groups in total. The highest BCUT2D eigenvalue weighted by molar-refractivity contribution is 6.05. The molecule has 1 aromatic heterocycles. The average molecular weight is 297 g/mol. The van der Waals surface area contributed by atoms with Crippen molar-refractivity contribution in [1.82, 2.24) is 4.57 Å². The first-order valence-electron chi connectivity index (χ1n) is 7.80. The number of benzene rings is 1. The molecule has 4 nitrogen and oxygen atoms in total. The first-order valence-corrected chi connectivity index (χ1v) is 7.80. The summed E-state index contributed by atoms with van der Waals surface area (Å²) in [6.07, 6.45) is 2.47. The number of anilines is 1. The van der Waals surface area contributed by atoms with Crippen molar-refractivity contribution in [2.45, 2.75) is 38.6 Å². The van der Waals surface area contributed by atoms with Crippen LogP contribution in [-0.4, -0.2) is 10.5 Å². The fourth-order valence-electron chi connectivity index (χ4n) is 2.79. The van der Waals surface area contributed by atoms with Crippen LogP contribution in [0.2, 0.25) is 0 Å².